The highest BCUT2D eigenvalue weighted by atomic mass is 127. The first-order chi connectivity index (χ1) is 16.0. The maximum Gasteiger partial charge on any atom is 0.167 e. The van der Waals surface area contributed by atoms with Crippen LogP contribution < -0.4 is 29.7 Å². The van der Waals surface area contributed by atoms with Crippen molar-refractivity contribution in [2.24, 2.45) is 0 Å². The predicted octanol–water partition coefficient (Wildman–Crippen LogP) is -1.22. The van der Waals surface area contributed by atoms with Crippen LogP contribution in [-0.2, 0) is 22.1 Å². The van der Waals surface area contributed by atoms with Crippen LogP contribution in [-0.4, -0.2) is 70.8 Å². The lowest BCUT2D eigenvalue weighted by atomic mass is 10.1. The van der Waals surface area contributed by atoms with Gasteiger partial charge in [0, 0.05) is 17.1 Å². The zero-order valence-electron chi connectivity index (χ0n) is 18.8. The molecule has 1 saturated heterocycles. The molecule has 0 aliphatic carbocycles. The van der Waals surface area contributed by atoms with Crippen molar-refractivity contribution in [3.05, 3.63) is 48.7 Å². The quantitative estimate of drug-likeness (QED) is 0.114. The number of nitrogen functional groups attached to an aromatic ring is 1. The molecular weight excluding hydrogens is 567 g/mol. The first-order valence-corrected chi connectivity index (χ1v) is 13.1. The zero-order chi connectivity index (χ0) is 22.9. The van der Waals surface area contributed by atoms with E-state index in [1.807, 2.05) is 6.07 Å². The van der Waals surface area contributed by atoms with Gasteiger partial charge in [0.15, 0.2) is 17.7 Å². The van der Waals surface area contributed by atoms with Crippen molar-refractivity contribution in [3.8, 4) is 0 Å². The summed E-state index contributed by atoms with van der Waals surface area (Å²) in [5.74, 6) is 2.03. The molecule has 4 aromatic rings. The normalized spacial score (nSPS) is 23.4. The Morgan fingerprint density at radius 2 is 1.97 bits per heavy atom. The van der Waals surface area contributed by atoms with Gasteiger partial charge in [0.25, 0.3) is 0 Å². The number of hydrogen-bond acceptors (Lipinski definition) is 7. The summed E-state index contributed by atoms with van der Waals surface area (Å²) < 4.78 is 7.71. The van der Waals surface area contributed by atoms with E-state index in [0.29, 0.717) is 16.9 Å². The number of aryl methyl sites for hydroxylation is 1. The summed E-state index contributed by atoms with van der Waals surface area (Å²) in [5.41, 5.74) is 9.34. The number of unbranched alkanes of at least 4 members (excludes halogenated alkanes) is 1. The van der Waals surface area contributed by atoms with Crippen LogP contribution in [0.5, 0.6) is 0 Å². The summed E-state index contributed by atoms with van der Waals surface area (Å²) in [6.45, 7) is 0. The van der Waals surface area contributed by atoms with Gasteiger partial charge < -0.3 is 49.6 Å². The number of rotatable bonds is 8. The van der Waals surface area contributed by atoms with Gasteiger partial charge in [-0.05, 0) is 41.8 Å². The molecule has 34 heavy (non-hydrogen) atoms. The third-order valence-electron chi connectivity index (χ3n) is 6.31. The number of nitrogens with one attached hydrogen (secondary N) is 1. The average molecular weight is 596 g/mol. The van der Waals surface area contributed by atoms with Crippen LogP contribution in [0.2, 0.25) is 0 Å². The molecule has 1 fully saturated rings. The van der Waals surface area contributed by atoms with Gasteiger partial charge in [0.1, 0.15) is 41.7 Å². The van der Waals surface area contributed by atoms with Gasteiger partial charge in [0.2, 0.25) is 0 Å². The first kappa shape index (κ1) is 25.2. The van der Waals surface area contributed by atoms with Gasteiger partial charge in [-0.15, -0.1) is 0 Å². The second kappa shape index (κ2) is 10.8. The molecular formula is C23H29IN6O3S. The molecule has 5 rings (SSSR count). The van der Waals surface area contributed by atoms with E-state index in [0.717, 1.165) is 25.0 Å². The molecule has 0 amide bonds. The number of nitrogens with two attached hydrogens (primary N) is 1. The molecule has 1 unspecified atom stereocenters. The van der Waals surface area contributed by atoms with Gasteiger partial charge in [0.05, 0.1) is 12.6 Å². The molecule has 0 radical (unpaired) electrons. The number of ether oxygens (including phenoxy) is 1. The summed E-state index contributed by atoms with van der Waals surface area (Å²) in [7, 11) is 0.0622. The lowest BCUT2D eigenvalue weighted by Gasteiger charge is -2.16. The van der Waals surface area contributed by atoms with E-state index in [1.165, 1.54) is 29.1 Å². The fourth-order valence-electron chi connectivity index (χ4n) is 4.52. The van der Waals surface area contributed by atoms with Crippen molar-refractivity contribution in [2.75, 3.05) is 23.5 Å². The number of aliphatic hydroxyl groups is 2. The van der Waals surface area contributed by atoms with Crippen molar-refractivity contribution in [1.82, 2.24) is 24.5 Å². The van der Waals surface area contributed by atoms with Crippen LogP contribution in [0.15, 0.2) is 43.1 Å². The molecule has 4 heterocycles. The maximum atomic E-state index is 10.6. The smallest absolute Gasteiger partial charge is 0.167 e. The largest absolute Gasteiger partial charge is 1.00 e. The predicted molar refractivity (Wildman–Crippen MR) is 130 cm³/mol. The van der Waals surface area contributed by atoms with Crippen LogP contribution in [0.3, 0.4) is 0 Å². The van der Waals surface area contributed by atoms with Crippen LogP contribution in [0, 0.1) is 0 Å². The minimum absolute atomic E-state index is 0. The van der Waals surface area contributed by atoms with Gasteiger partial charge >= 0.3 is 0 Å². The molecule has 5 N–H and O–H groups in total. The third-order valence-corrected chi connectivity index (χ3v) is 8.19. The van der Waals surface area contributed by atoms with Crippen LogP contribution >= 0.6 is 0 Å². The van der Waals surface area contributed by atoms with E-state index in [9.17, 15) is 10.2 Å². The summed E-state index contributed by atoms with van der Waals surface area (Å²) in [6.07, 6.45) is 7.21. The first-order valence-electron chi connectivity index (χ1n) is 11.1. The highest BCUT2D eigenvalue weighted by Crippen LogP contribution is 2.32. The number of para-hydroxylation sites is 1. The molecule has 9 nitrogen and oxygen atoms in total. The molecule has 0 saturated carbocycles. The Morgan fingerprint density at radius 1 is 1.15 bits per heavy atom. The van der Waals surface area contributed by atoms with Crippen molar-refractivity contribution in [1.29, 1.82) is 0 Å². The minimum atomic E-state index is -1.07. The summed E-state index contributed by atoms with van der Waals surface area (Å²) in [5, 5.41) is 22.6. The Labute approximate surface area is 217 Å². The molecule has 0 spiro atoms. The standard InChI is InChI=1S/C23H29N6O3S.HI/c1-33(9-5-4-6-14-10-25-16-8-3-2-7-15(14)16)11-17-19(30)20(31)23(32-17)29-13-28-18-21(24)26-12-27-22(18)29;/h2-3,7-8,10,12-13,17,19-20,23,25,30-31H,4-6,9,11H2,1H3,(H2,24,26,27);1H/q+1;/p-1/t17-,19-,20-,23-,33?;/m1./s1. The summed E-state index contributed by atoms with van der Waals surface area (Å²) >= 11 is 0. The number of aliphatic hydroxyl groups excluding tert-OH is 2. The Hall–Kier alpha value is -1.93. The van der Waals surface area contributed by atoms with Crippen molar-refractivity contribution in [3.63, 3.8) is 0 Å². The van der Waals surface area contributed by atoms with E-state index >= 15 is 0 Å². The third kappa shape index (κ3) is 4.89. The molecule has 0 bridgehead atoms. The Morgan fingerprint density at radius 3 is 2.82 bits per heavy atom. The second-order valence-corrected chi connectivity index (χ2v) is 10.9. The number of hydrogen-bond donors (Lipinski definition) is 4. The van der Waals surface area contributed by atoms with E-state index in [2.05, 4.69) is 50.6 Å². The maximum absolute atomic E-state index is 10.6. The van der Waals surface area contributed by atoms with Crippen molar-refractivity contribution < 1.29 is 38.9 Å². The SMILES string of the molecule is C[S+](CCCCc1c[nH]c2ccccc12)C[C@H]1O[C@@H](n2cnc3c(N)ncnc32)[C@H](O)[C@@H]1O.[I-]. The monoisotopic (exact) mass is 596 g/mol. The van der Waals surface area contributed by atoms with E-state index < -0.39 is 24.5 Å². The highest BCUT2D eigenvalue weighted by Gasteiger charge is 2.46. The number of benzene rings is 1. The van der Waals surface area contributed by atoms with E-state index in [4.69, 9.17) is 10.5 Å². The fourth-order valence-corrected chi connectivity index (χ4v) is 6.22. The number of aromatic amines is 1. The number of anilines is 1. The lowest BCUT2D eigenvalue weighted by Crippen LogP contribution is -3.00. The van der Waals surface area contributed by atoms with Crippen molar-refractivity contribution in [2.45, 2.75) is 43.8 Å². The topological polar surface area (TPSA) is 135 Å². The van der Waals surface area contributed by atoms with Gasteiger partial charge in [-0.2, -0.15) is 0 Å². The molecule has 3 aromatic heterocycles. The van der Waals surface area contributed by atoms with Crippen LogP contribution in [0.25, 0.3) is 22.1 Å². The second-order valence-electron chi connectivity index (χ2n) is 8.60. The average Bonchev–Trinajstić information content (AvgIpc) is 3.50. The molecule has 1 aliphatic heterocycles. The Bertz CT molecular complexity index is 1250. The molecule has 1 aliphatic rings. The number of H-pyrrole nitrogens is 1. The van der Waals surface area contributed by atoms with E-state index in [1.54, 1.807) is 4.57 Å². The highest BCUT2D eigenvalue weighted by molar-refractivity contribution is 7.96. The Kier molecular flexibility index (Phi) is 7.97. The minimum Gasteiger partial charge on any atom is -1.00 e. The van der Waals surface area contributed by atoms with Gasteiger partial charge in [-0.3, -0.25) is 4.57 Å². The van der Waals surface area contributed by atoms with Crippen LogP contribution in [0.4, 0.5) is 5.82 Å². The number of aromatic nitrogens is 5. The molecule has 11 heteroatoms. The van der Waals surface area contributed by atoms with Gasteiger partial charge in [-0.1, -0.05) is 18.2 Å². The fraction of sp³-hybridized carbons (Fsp3) is 0.435. The Balaban J connectivity index is 0.00000274. The number of nitrogens with zero attached hydrogens (tertiary/aromatic N) is 4. The van der Waals surface area contributed by atoms with Gasteiger partial charge in [-0.25, -0.2) is 15.0 Å². The summed E-state index contributed by atoms with van der Waals surface area (Å²) in [4.78, 5) is 15.7. The summed E-state index contributed by atoms with van der Waals surface area (Å²) in [6, 6.07) is 8.39. The van der Waals surface area contributed by atoms with Crippen LogP contribution in [0.1, 0.15) is 24.6 Å². The molecule has 1 aromatic carbocycles. The van der Waals surface area contributed by atoms with E-state index in [-0.39, 0.29) is 40.7 Å². The number of halogens is 1. The number of imidazole rings is 1. The number of fused-ring (bicyclic) bond motifs is 2. The molecule has 5 atom stereocenters. The van der Waals surface area contributed by atoms with Crippen molar-refractivity contribution >= 4 is 38.8 Å². The lowest BCUT2D eigenvalue weighted by molar-refractivity contribution is -0.0290. The zero-order valence-corrected chi connectivity index (χ0v) is 21.8. The molecule has 182 valence electrons.